The van der Waals surface area contributed by atoms with Crippen LogP contribution >= 0.6 is 0 Å². The lowest BCUT2D eigenvalue weighted by atomic mass is 10.0. The Morgan fingerprint density at radius 2 is 1.96 bits per heavy atom. The Balaban J connectivity index is 1.64. The number of carbonyl (C=O) groups excluding carboxylic acids is 1. The number of aryl methyl sites for hydroxylation is 1. The van der Waals surface area contributed by atoms with Gasteiger partial charge in [-0.2, -0.15) is 0 Å². The van der Waals surface area contributed by atoms with E-state index in [0.717, 1.165) is 39.1 Å². The Hall–Kier alpha value is -1.60. The number of likely N-dealkylation sites (N-methyl/N-ethyl adjacent to an activating group) is 1. The van der Waals surface area contributed by atoms with Crippen molar-refractivity contribution >= 4 is 6.03 Å². The van der Waals surface area contributed by atoms with Gasteiger partial charge in [-0.1, -0.05) is 13.8 Å². The van der Waals surface area contributed by atoms with Crippen molar-refractivity contribution in [2.24, 2.45) is 5.92 Å². The van der Waals surface area contributed by atoms with Gasteiger partial charge in [0.05, 0.1) is 6.33 Å². The van der Waals surface area contributed by atoms with Gasteiger partial charge in [-0.25, -0.2) is 9.78 Å². The molecule has 1 aromatic heterocycles. The number of hydrogen-bond donors (Lipinski definition) is 2. The predicted octanol–water partition coefficient (Wildman–Crippen LogP) is 0.844. The lowest BCUT2D eigenvalue weighted by Crippen LogP contribution is -2.55. The fraction of sp³-hybridized carbons (Fsp3) is 0.765. The van der Waals surface area contributed by atoms with E-state index < -0.39 is 0 Å². The average Bonchev–Trinajstić information content (AvgIpc) is 3.06. The molecule has 1 aliphatic rings. The van der Waals surface area contributed by atoms with Gasteiger partial charge in [0.2, 0.25) is 0 Å². The highest BCUT2D eigenvalue weighted by Gasteiger charge is 2.25. The number of nitrogens with one attached hydrogen (secondary N) is 2. The molecule has 1 unspecified atom stereocenters. The maximum absolute atomic E-state index is 12.0. The molecule has 2 rings (SSSR count). The summed E-state index contributed by atoms with van der Waals surface area (Å²) in [4.78, 5) is 20.9. The third kappa shape index (κ3) is 6.13. The minimum atomic E-state index is -0.0691. The van der Waals surface area contributed by atoms with Crippen LogP contribution < -0.4 is 10.6 Å². The van der Waals surface area contributed by atoms with Gasteiger partial charge in [-0.3, -0.25) is 4.90 Å². The van der Waals surface area contributed by atoms with Gasteiger partial charge in [-0.15, -0.1) is 0 Å². The molecule has 0 aromatic carbocycles. The van der Waals surface area contributed by atoms with E-state index >= 15 is 0 Å². The van der Waals surface area contributed by atoms with Crippen molar-refractivity contribution in [2.75, 3.05) is 46.3 Å². The van der Waals surface area contributed by atoms with Crippen molar-refractivity contribution < 1.29 is 4.79 Å². The van der Waals surface area contributed by atoms with Crippen LogP contribution in [-0.2, 0) is 6.54 Å². The molecule has 1 aliphatic heterocycles. The molecule has 7 heteroatoms. The number of nitrogens with zero attached hydrogens (tertiary/aromatic N) is 4. The zero-order valence-electron chi connectivity index (χ0n) is 15.2. The van der Waals surface area contributed by atoms with Crippen LogP contribution in [0.2, 0.25) is 0 Å². The van der Waals surface area contributed by atoms with Gasteiger partial charge >= 0.3 is 6.03 Å². The van der Waals surface area contributed by atoms with Gasteiger partial charge in [-0.05, 0) is 19.4 Å². The van der Waals surface area contributed by atoms with Crippen molar-refractivity contribution in [3.63, 3.8) is 0 Å². The van der Waals surface area contributed by atoms with Crippen LogP contribution in [-0.4, -0.2) is 77.7 Å². The largest absolute Gasteiger partial charge is 0.338 e. The second-order valence-corrected chi connectivity index (χ2v) is 6.94. The Labute approximate surface area is 145 Å². The van der Waals surface area contributed by atoms with Crippen molar-refractivity contribution in [1.82, 2.24) is 30.0 Å². The van der Waals surface area contributed by atoms with E-state index in [2.05, 4.69) is 46.3 Å². The number of piperazine rings is 1. The van der Waals surface area contributed by atoms with Gasteiger partial charge in [0.1, 0.15) is 0 Å². The molecule has 2 heterocycles. The molecule has 0 aliphatic carbocycles. The normalized spacial score (nSPS) is 17.8. The highest BCUT2D eigenvalue weighted by atomic mass is 16.2. The summed E-state index contributed by atoms with van der Waals surface area (Å²) >= 11 is 0. The van der Waals surface area contributed by atoms with Gasteiger partial charge < -0.3 is 20.1 Å². The molecule has 7 nitrogen and oxygen atoms in total. The number of imidazole rings is 1. The lowest BCUT2D eigenvalue weighted by Gasteiger charge is -2.39. The summed E-state index contributed by atoms with van der Waals surface area (Å²) < 4.78 is 2.02. The first kappa shape index (κ1) is 18.7. The minimum absolute atomic E-state index is 0.0691. The van der Waals surface area contributed by atoms with E-state index in [1.54, 1.807) is 12.5 Å². The number of carbonyl (C=O) groups is 1. The predicted molar refractivity (Wildman–Crippen MR) is 95.9 cm³/mol. The summed E-state index contributed by atoms with van der Waals surface area (Å²) in [5.74, 6) is 0.523. The van der Waals surface area contributed by atoms with E-state index in [1.807, 2.05) is 10.8 Å². The second kappa shape index (κ2) is 9.64. The minimum Gasteiger partial charge on any atom is -0.338 e. The van der Waals surface area contributed by atoms with E-state index in [9.17, 15) is 4.79 Å². The molecule has 136 valence electrons. The monoisotopic (exact) mass is 336 g/mol. The summed E-state index contributed by atoms with van der Waals surface area (Å²) in [7, 11) is 2.16. The molecule has 24 heavy (non-hydrogen) atoms. The molecule has 0 spiro atoms. The first-order chi connectivity index (χ1) is 11.6. The highest BCUT2D eigenvalue weighted by molar-refractivity contribution is 5.73. The summed E-state index contributed by atoms with van der Waals surface area (Å²) in [6, 6.07) is 0.329. The number of rotatable bonds is 8. The number of urea groups is 1. The molecule has 0 saturated carbocycles. The van der Waals surface area contributed by atoms with Crippen LogP contribution in [0.1, 0.15) is 20.3 Å². The van der Waals surface area contributed by atoms with Crippen LogP contribution in [0, 0.1) is 5.92 Å². The Bertz CT molecular complexity index is 467. The molecule has 1 atom stereocenters. The van der Waals surface area contributed by atoms with E-state index in [1.165, 1.54) is 0 Å². The zero-order valence-corrected chi connectivity index (χ0v) is 15.2. The molecule has 2 amide bonds. The Kier molecular flexibility index (Phi) is 7.52. The fourth-order valence-corrected chi connectivity index (χ4v) is 3.08. The van der Waals surface area contributed by atoms with Gasteiger partial charge in [0, 0.05) is 64.2 Å². The van der Waals surface area contributed by atoms with E-state index in [4.69, 9.17) is 0 Å². The molecular weight excluding hydrogens is 304 g/mol. The van der Waals surface area contributed by atoms with Crippen molar-refractivity contribution in [3.8, 4) is 0 Å². The average molecular weight is 336 g/mol. The van der Waals surface area contributed by atoms with Crippen LogP contribution in [0.3, 0.4) is 0 Å². The molecule has 0 bridgehead atoms. The number of amides is 2. The number of aromatic nitrogens is 2. The quantitative estimate of drug-likeness (QED) is 0.691. The second-order valence-electron chi connectivity index (χ2n) is 6.94. The first-order valence-electron chi connectivity index (χ1n) is 8.96. The number of hydrogen-bond acceptors (Lipinski definition) is 4. The van der Waals surface area contributed by atoms with Gasteiger partial charge in [0.25, 0.3) is 0 Å². The topological polar surface area (TPSA) is 65.4 Å². The molecule has 1 saturated heterocycles. The van der Waals surface area contributed by atoms with Crippen LogP contribution in [0.4, 0.5) is 4.79 Å². The molecular formula is C17H32N6O. The van der Waals surface area contributed by atoms with Crippen LogP contribution in [0.15, 0.2) is 18.7 Å². The zero-order chi connectivity index (χ0) is 17.4. The highest BCUT2D eigenvalue weighted by Crippen LogP contribution is 2.12. The molecule has 0 radical (unpaired) electrons. The molecule has 1 fully saturated rings. The van der Waals surface area contributed by atoms with E-state index in [-0.39, 0.29) is 6.03 Å². The van der Waals surface area contributed by atoms with Crippen molar-refractivity contribution in [3.05, 3.63) is 18.7 Å². The van der Waals surface area contributed by atoms with Crippen LogP contribution in [0.25, 0.3) is 0 Å². The fourth-order valence-electron chi connectivity index (χ4n) is 3.08. The smallest absolute Gasteiger partial charge is 0.314 e. The Morgan fingerprint density at radius 3 is 2.58 bits per heavy atom. The first-order valence-corrected chi connectivity index (χ1v) is 8.96. The van der Waals surface area contributed by atoms with Gasteiger partial charge in [0.15, 0.2) is 0 Å². The summed E-state index contributed by atoms with van der Waals surface area (Å²) in [5, 5.41) is 5.98. The summed E-state index contributed by atoms with van der Waals surface area (Å²) in [6.45, 7) is 11.1. The van der Waals surface area contributed by atoms with E-state index in [0.29, 0.717) is 25.0 Å². The van der Waals surface area contributed by atoms with Crippen molar-refractivity contribution in [2.45, 2.75) is 32.9 Å². The maximum atomic E-state index is 12.0. The van der Waals surface area contributed by atoms with Crippen molar-refractivity contribution in [1.29, 1.82) is 0 Å². The lowest BCUT2D eigenvalue weighted by molar-refractivity contribution is 0.0887. The Morgan fingerprint density at radius 1 is 1.21 bits per heavy atom. The molecule has 1 aromatic rings. The molecule has 2 N–H and O–H groups in total. The standard InChI is InChI=1S/C17H32N6O/c1-15(2)16(23-11-9-21(3)10-12-23)13-20-17(24)19-5-4-7-22-8-6-18-14-22/h6,8,14-16H,4-5,7,9-13H2,1-3H3,(H2,19,20,24). The summed E-state index contributed by atoms with van der Waals surface area (Å²) in [6.07, 6.45) is 6.40. The SMILES string of the molecule is CC(C)C(CNC(=O)NCCCn1ccnc1)N1CCN(C)CC1. The van der Waals surface area contributed by atoms with Crippen LogP contribution in [0.5, 0.6) is 0 Å². The maximum Gasteiger partial charge on any atom is 0.314 e. The third-order valence-electron chi connectivity index (χ3n) is 4.69. The summed E-state index contributed by atoms with van der Waals surface area (Å²) in [5.41, 5.74) is 0. The third-order valence-corrected chi connectivity index (χ3v) is 4.69.